The van der Waals surface area contributed by atoms with E-state index < -0.39 is 24.2 Å². The number of fused-ring (bicyclic) bond motifs is 1. The van der Waals surface area contributed by atoms with E-state index in [1.165, 1.54) is 6.07 Å². The minimum atomic E-state index is -0.913. The van der Waals surface area contributed by atoms with Crippen LogP contribution in [0.3, 0.4) is 0 Å². The van der Waals surface area contributed by atoms with E-state index in [0.29, 0.717) is 23.4 Å². The molecule has 1 unspecified atom stereocenters. The number of ether oxygens (including phenoxy) is 2. The molecular weight excluding hydrogens is 376 g/mol. The summed E-state index contributed by atoms with van der Waals surface area (Å²) in [5.41, 5.74) is 1.28. The van der Waals surface area contributed by atoms with Crippen LogP contribution in [0.4, 0.5) is 13.6 Å². The van der Waals surface area contributed by atoms with Gasteiger partial charge in [-0.1, -0.05) is 37.3 Å². The molecule has 1 atom stereocenters. The van der Waals surface area contributed by atoms with Crippen LogP contribution in [0, 0.1) is 5.82 Å². The molecule has 0 aliphatic carbocycles. The van der Waals surface area contributed by atoms with E-state index in [1.54, 1.807) is 25.7 Å². The van der Waals surface area contributed by atoms with Crippen LogP contribution in [0.15, 0.2) is 36.4 Å². The Balaban J connectivity index is 1.94. The Kier molecular flexibility index (Phi) is 6.10. The standard InChI is InChI=1S/C23H27F2NO3/c1-15-12-26(22(27)29-23(2,3)4)13-18-19(10-17(11-24)21(25)20(15)18)28-14-16-8-6-5-7-9-16/h5-10,15H,11-14H2,1-4H3. The van der Waals surface area contributed by atoms with Crippen LogP contribution >= 0.6 is 0 Å². The van der Waals surface area contributed by atoms with Crippen molar-refractivity contribution in [1.29, 1.82) is 0 Å². The molecule has 0 saturated carbocycles. The van der Waals surface area contributed by atoms with Gasteiger partial charge in [0, 0.05) is 29.2 Å². The summed E-state index contributed by atoms with van der Waals surface area (Å²) in [6.45, 7) is 7.03. The van der Waals surface area contributed by atoms with Crippen LogP contribution in [0.2, 0.25) is 0 Å². The van der Waals surface area contributed by atoms with Gasteiger partial charge in [-0.25, -0.2) is 13.6 Å². The molecular formula is C23H27F2NO3. The highest BCUT2D eigenvalue weighted by Gasteiger charge is 2.34. The van der Waals surface area contributed by atoms with Crippen molar-refractivity contribution in [3.05, 3.63) is 64.5 Å². The lowest BCUT2D eigenvalue weighted by molar-refractivity contribution is 0.0205. The average molecular weight is 403 g/mol. The topological polar surface area (TPSA) is 38.8 Å². The average Bonchev–Trinajstić information content (AvgIpc) is 2.66. The fourth-order valence-electron chi connectivity index (χ4n) is 3.53. The number of rotatable bonds is 4. The zero-order valence-corrected chi connectivity index (χ0v) is 17.3. The van der Waals surface area contributed by atoms with E-state index in [0.717, 1.165) is 5.56 Å². The Hall–Kier alpha value is -2.63. The highest BCUT2D eigenvalue weighted by Crippen LogP contribution is 2.39. The maximum absolute atomic E-state index is 14.9. The lowest BCUT2D eigenvalue weighted by atomic mass is 9.88. The predicted molar refractivity (Wildman–Crippen MR) is 107 cm³/mol. The molecule has 0 spiro atoms. The third-order valence-electron chi connectivity index (χ3n) is 4.82. The summed E-state index contributed by atoms with van der Waals surface area (Å²) in [4.78, 5) is 14.1. The molecule has 1 aliphatic heterocycles. The first-order chi connectivity index (χ1) is 13.7. The number of carbonyl (C=O) groups is 1. The SMILES string of the molecule is CC1CN(C(=O)OC(C)(C)C)Cc2c(OCc3ccccc3)cc(CF)c(F)c21. The normalized spacial score (nSPS) is 16.3. The van der Waals surface area contributed by atoms with Crippen LogP contribution in [0.25, 0.3) is 0 Å². The zero-order valence-electron chi connectivity index (χ0n) is 17.3. The van der Waals surface area contributed by atoms with Crippen molar-refractivity contribution < 1.29 is 23.0 Å². The Morgan fingerprint density at radius 2 is 1.93 bits per heavy atom. The number of hydrogen-bond acceptors (Lipinski definition) is 3. The molecule has 2 aromatic carbocycles. The summed E-state index contributed by atoms with van der Waals surface area (Å²) in [5, 5.41) is 0. The maximum atomic E-state index is 14.9. The molecule has 0 saturated heterocycles. The number of amides is 1. The highest BCUT2D eigenvalue weighted by atomic mass is 19.1. The molecule has 0 aromatic heterocycles. The van der Waals surface area contributed by atoms with Crippen molar-refractivity contribution >= 4 is 6.09 Å². The van der Waals surface area contributed by atoms with E-state index in [1.807, 2.05) is 37.3 Å². The van der Waals surface area contributed by atoms with Gasteiger partial charge in [-0.15, -0.1) is 0 Å². The summed E-state index contributed by atoms with van der Waals surface area (Å²) in [6.07, 6.45) is -0.459. The summed E-state index contributed by atoms with van der Waals surface area (Å²) in [7, 11) is 0. The predicted octanol–water partition coefficient (Wildman–Crippen LogP) is 5.73. The van der Waals surface area contributed by atoms with Gasteiger partial charge in [-0.3, -0.25) is 0 Å². The van der Waals surface area contributed by atoms with Crippen LogP contribution in [0.5, 0.6) is 5.75 Å². The Morgan fingerprint density at radius 3 is 2.55 bits per heavy atom. The van der Waals surface area contributed by atoms with Gasteiger partial charge in [0.1, 0.15) is 30.4 Å². The van der Waals surface area contributed by atoms with Gasteiger partial charge in [-0.05, 0) is 32.4 Å². The largest absolute Gasteiger partial charge is 0.489 e. The van der Waals surface area contributed by atoms with E-state index in [2.05, 4.69) is 0 Å². The molecule has 2 aromatic rings. The highest BCUT2D eigenvalue weighted by molar-refractivity contribution is 5.69. The first kappa shape index (κ1) is 21.1. The van der Waals surface area contributed by atoms with Crippen molar-refractivity contribution in [3.63, 3.8) is 0 Å². The lowest BCUT2D eigenvalue weighted by Gasteiger charge is -2.35. The zero-order chi connectivity index (χ0) is 21.2. The quantitative estimate of drug-likeness (QED) is 0.655. The van der Waals surface area contributed by atoms with Crippen LogP contribution in [-0.2, 0) is 24.6 Å². The summed E-state index contributed by atoms with van der Waals surface area (Å²) < 4.78 is 39.8. The minimum absolute atomic E-state index is 0.0237. The van der Waals surface area contributed by atoms with Crippen molar-refractivity contribution in [1.82, 2.24) is 4.90 Å². The van der Waals surface area contributed by atoms with Gasteiger partial charge in [0.05, 0.1) is 6.54 Å². The van der Waals surface area contributed by atoms with Crippen LogP contribution in [0.1, 0.15) is 55.9 Å². The number of benzene rings is 2. The molecule has 0 N–H and O–H groups in total. The fraction of sp³-hybridized carbons (Fsp3) is 0.435. The second kappa shape index (κ2) is 8.39. The van der Waals surface area contributed by atoms with Crippen LogP contribution < -0.4 is 4.74 Å². The van der Waals surface area contributed by atoms with Crippen LogP contribution in [-0.4, -0.2) is 23.1 Å². The number of hydrogen-bond donors (Lipinski definition) is 0. The first-order valence-corrected chi connectivity index (χ1v) is 9.74. The van der Waals surface area contributed by atoms with E-state index >= 15 is 0 Å². The van der Waals surface area contributed by atoms with Crippen molar-refractivity contribution in [2.45, 2.75) is 59.0 Å². The summed E-state index contributed by atoms with van der Waals surface area (Å²) >= 11 is 0. The molecule has 1 amide bonds. The second-order valence-corrected chi connectivity index (χ2v) is 8.41. The fourth-order valence-corrected chi connectivity index (χ4v) is 3.53. The van der Waals surface area contributed by atoms with Gasteiger partial charge < -0.3 is 14.4 Å². The lowest BCUT2D eigenvalue weighted by Crippen LogP contribution is -2.41. The van der Waals surface area contributed by atoms with Crippen molar-refractivity contribution in [2.75, 3.05) is 6.54 Å². The molecule has 29 heavy (non-hydrogen) atoms. The monoisotopic (exact) mass is 403 g/mol. The maximum Gasteiger partial charge on any atom is 0.410 e. The van der Waals surface area contributed by atoms with Gasteiger partial charge in [0.25, 0.3) is 0 Å². The molecule has 4 nitrogen and oxygen atoms in total. The minimum Gasteiger partial charge on any atom is -0.489 e. The van der Waals surface area contributed by atoms with E-state index in [9.17, 15) is 13.6 Å². The van der Waals surface area contributed by atoms with Gasteiger partial charge in [0.2, 0.25) is 0 Å². The molecule has 6 heteroatoms. The van der Waals surface area contributed by atoms with E-state index in [-0.39, 0.29) is 24.6 Å². The second-order valence-electron chi connectivity index (χ2n) is 8.41. The molecule has 1 aliphatic rings. The molecule has 1 heterocycles. The molecule has 156 valence electrons. The smallest absolute Gasteiger partial charge is 0.410 e. The third kappa shape index (κ3) is 4.86. The van der Waals surface area contributed by atoms with Crippen molar-refractivity contribution in [3.8, 4) is 5.75 Å². The third-order valence-corrected chi connectivity index (χ3v) is 4.82. The Bertz CT molecular complexity index is 878. The van der Waals surface area contributed by atoms with Gasteiger partial charge in [0.15, 0.2) is 0 Å². The van der Waals surface area contributed by atoms with Gasteiger partial charge in [-0.2, -0.15) is 0 Å². The molecule has 3 rings (SSSR count). The van der Waals surface area contributed by atoms with E-state index in [4.69, 9.17) is 9.47 Å². The first-order valence-electron chi connectivity index (χ1n) is 9.74. The van der Waals surface area contributed by atoms with Crippen molar-refractivity contribution in [2.24, 2.45) is 0 Å². The van der Waals surface area contributed by atoms with Gasteiger partial charge >= 0.3 is 6.09 Å². The summed E-state index contributed by atoms with van der Waals surface area (Å²) in [5.74, 6) is -0.458. The number of halogens is 2. The number of carbonyl (C=O) groups excluding carboxylic acids is 1. The summed E-state index contributed by atoms with van der Waals surface area (Å²) in [6, 6.07) is 11.0. The molecule has 0 fully saturated rings. The Morgan fingerprint density at radius 1 is 1.24 bits per heavy atom. The molecule has 0 radical (unpaired) electrons. The number of nitrogens with zero attached hydrogens (tertiary/aromatic N) is 1. The molecule has 0 bridgehead atoms. The number of alkyl halides is 1. The Labute approximate surface area is 170 Å².